The third kappa shape index (κ3) is 4.32. The Labute approximate surface area is 152 Å². The molecule has 0 unspecified atom stereocenters. The molecule has 27 heavy (non-hydrogen) atoms. The Kier molecular flexibility index (Phi) is 5.22. The molecule has 1 N–H and O–H groups in total. The Morgan fingerprint density at radius 1 is 1.19 bits per heavy atom. The van der Waals surface area contributed by atoms with E-state index in [1.54, 1.807) is 31.4 Å². The zero-order valence-electron chi connectivity index (χ0n) is 14.2. The van der Waals surface area contributed by atoms with Gasteiger partial charge in [-0.3, -0.25) is 4.79 Å². The second-order valence-electron chi connectivity index (χ2n) is 5.65. The average molecular weight is 376 g/mol. The lowest BCUT2D eigenvalue weighted by Gasteiger charge is -2.14. The molecule has 1 amide bonds. The summed E-state index contributed by atoms with van der Waals surface area (Å²) < 4.78 is 45.5. The Bertz CT molecular complexity index is 923. The van der Waals surface area contributed by atoms with Crippen molar-refractivity contribution in [2.24, 2.45) is 0 Å². The molecule has 0 aliphatic carbocycles. The quantitative estimate of drug-likeness (QED) is 0.738. The van der Waals surface area contributed by atoms with Crippen molar-refractivity contribution in [1.29, 1.82) is 0 Å². The van der Waals surface area contributed by atoms with Crippen LogP contribution in [0.4, 0.5) is 18.9 Å². The zero-order valence-corrected chi connectivity index (χ0v) is 14.2. The van der Waals surface area contributed by atoms with Crippen LogP contribution in [0.15, 0.2) is 55.1 Å². The van der Waals surface area contributed by atoms with E-state index < -0.39 is 17.6 Å². The molecule has 0 fully saturated rings. The number of anilines is 1. The number of aromatic nitrogens is 3. The molecule has 0 bridgehead atoms. The third-order valence-electron chi connectivity index (χ3n) is 3.76. The fourth-order valence-corrected chi connectivity index (χ4v) is 2.46. The van der Waals surface area contributed by atoms with Crippen LogP contribution in [0.25, 0.3) is 5.69 Å². The van der Waals surface area contributed by atoms with Crippen molar-refractivity contribution >= 4 is 11.6 Å². The van der Waals surface area contributed by atoms with E-state index in [2.05, 4.69) is 15.4 Å². The molecule has 2 aromatic carbocycles. The van der Waals surface area contributed by atoms with E-state index in [4.69, 9.17) is 4.74 Å². The number of methoxy groups -OCH3 is 1. The number of nitrogens with zero attached hydrogens (tertiary/aromatic N) is 3. The predicted octanol–water partition coefficient (Wildman–Crippen LogP) is 3.68. The van der Waals surface area contributed by atoms with Crippen molar-refractivity contribution in [1.82, 2.24) is 14.8 Å². The van der Waals surface area contributed by atoms with Crippen LogP contribution in [0.1, 0.15) is 21.5 Å². The number of benzene rings is 2. The molecule has 1 aromatic heterocycles. The molecule has 3 aromatic rings. The highest BCUT2D eigenvalue weighted by atomic mass is 19.4. The van der Waals surface area contributed by atoms with Gasteiger partial charge in [0.2, 0.25) is 0 Å². The number of amides is 1. The van der Waals surface area contributed by atoms with Gasteiger partial charge in [-0.1, -0.05) is 12.1 Å². The second-order valence-corrected chi connectivity index (χ2v) is 5.65. The van der Waals surface area contributed by atoms with Crippen LogP contribution in [0.2, 0.25) is 0 Å². The van der Waals surface area contributed by atoms with Gasteiger partial charge in [-0.25, -0.2) is 9.67 Å². The fourth-order valence-electron chi connectivity index (χ4n) is 2.46. The third-order valence-corrected chi connectivity index (χ3v) is 3.76. The second kappa shape index (κ2) is 7.58. The highest BCUT2D eigenvalue weighted by molar-refractivity contribution is 6.05. The van der Waals surface area contributed by atoms with Gasteiger partial charge in [-0.15, -0.1) is 0 Å². The average Bonchev–Trinajstić information content (AvgIpc) is 3.16. The Balaban J connectivity index is 1.92. The SMILES string of the molecule is COCc1ccc(C(=O)Nc2cc(C(F)(F)F)ccc2-n2cncn2)cc1. The Morgan fingerprint density at radius 2 is 1.93 bits per heavy atom. The number of carbonyl (C=O) groups is 1. The van der Waals surface area contributed by atoms with Crippen molar-refractivity contribution in [2.45, 2.75) is 12.8 Å². The first kappa shape index (κ1) is 18.6. The molecule has 3 rings (SSSR count). The standard InChI is InChI=1S/C18H15F3N4O2/c1-27-9-12-2-4-13(5-3-12)17(26)24-15-8-14(18(19,20)21)6-7-16(15)25-11-22-10-23-25/h2-8,10-11H,9H2,1H3,(H,24,26). The molecule has 6 nitrogen and oxygen atoms in total. The summed E-state index contributed by atoms with van der Waals surface area (Å²) in [5.74, 6) is -0.542. The van der Waals surface area contributed by atoms with E-state index in [0.29, 0.717) is 12.2 Å². The normalized spacial score (nSPS) is 11.4. The van der Waals surface area contributed by atoms with Crippen LogP contribution in [0.3, 0.4) is 0 Å². The van der Waals surface area contributed by atoms with Crippen LogP contribution in [0.5, 0.6) is 0 Å². The predicted molar refractivity (Wildman–Crippen MR) is 91.5 cm³/mol. The smallest absolute Gasteiger partial charge is 0.380 e. The molecule has 0 aliphatic heterocycles. The summed E-state index contributed by atoms with van der Waals surface area (Å²) in [5, 5.41) is 6.43. The van der Waals surface area contributed by atoms with Crippen molar-refractivity contribution < 1.29 is 22.7 Å². The van der Waals surface area contributed by atoms with E-state index in [-0.39, 0.29) is 11.4 Å². The summed E-state index contributed by atoms with van der Waals surface area (Å²) in [6.45, 7) is 0.395. The number of carbonyl (C=O) groups excluding carboxylic acids is 1. The summed E-state index contributed by atoms with van der Waals surface area (Å²) in [6.07, 6.45) is -1.96. The lowest BCUT2D eigenvalue weighted by molar-refractivity contribution is -0.137. The minimum atomic E-state index is -4.54. The molecular weight excluding hydrogens is 361 g/mol. The van der Waals surface area contributed by atoms with Gasteiger partial charge in [0.15, 0.2) is 0 Å². The number of halogens is 3. The largest absolute Gasteiger partial charge is 0.416 e. The van der Waals surface area contributed by atoms with Crippen LogP contribution in [0, 0.1) is 0 Å². The maximum Gasteiger partial charge on any atom is 0.416 e. The Morgan fingerprint density at radius 3 is 2.52 bits per heavy atom. The van der Waals surface area contributed by atoms with Gasteiger partial charge < -0.3 is 10.1 Å². The van der Waals surface area contributed by atoms with Gasteiger partial charge in [0.25, 0.3) is 5.91 Å². The molecule has 1 heterocycles. The fraction of sp³-hybridized carbons (Fsp3) is 0.167. The van der Waals surface area contributed by atoms with Crippen molar-refractivity contribution in [2.75, 3.05) is 12.4 Å². The highest BCUT2D eigenvalue weighted by Gasteiger charge is 2.31. The molecule has 0 saturated carbocycles. The highest BCUT2D eigenvalue weighted by Crippen LogP contribution is 2.33. The number of ether oxygens (including phenoxy) is 1. The lowest BCUT2D eigenvalue weighted by Crippen LogP contribution is -2.15. The number of rotatable bonds is 5. The molecule has 0 spiro atoms. The summed E-state index contributed by atoms with van der Waals surface area (Å²) in [7, 11) is 1.56. The van der Waals surface area contributed by atoms with E-state index in [1.165, 1.54) is 23.4 Å². The van der Waals surface area contributed by atoms with Crippen molar-refractivity contribution in [3.8, 4) is 5.69 Å². The maximum absolute atomic E-state index is 13.1. The minimum absolute atomic E-state index is 0.0266. The summed E-state index contributed by atoms with van der Waals surface area (Å²) >= 11 is 0. The molecule has 9 heteroatoms. The van der Waals surface area contributed by atoms with Gasteiger partial charge in [0.05, 0.1) is 23.5 Å². The van der Waals surface area contributed by atoms with Crippen LogP contribution >= 0.6 is 0 Å². The number of alkyl halides is 3. The van der Waals surface area contributed by atoms with Gasteiger partial charge in [-0.2, -0.15) is 18.3 Å². The van der Waals surface area contributed by atoms with Crippen molar-refractivity contribution in [3.05, 3.63) is 71.8 Å². The number of hydrogen-bond acceptors (Lipinski definition) is 4. The van der Waals surface area contributed by atoms with E-state index >= 15 is 0 Å². The van der Waals surface area contributed by atoms with E-state index in [1.807, 2.05) is 0 Å². The molecular formula is C18H15F3N4O2. The molecule has 140 valence electrons. The summed E-state index contributed by atoms with van der Waals surface area (Å²) in [6, 6.07) is 9.60. The first-order chi connectivity index (χ1) is 12.9. The maximum atomic E-state index is 13.1. The van der Waals surface area contributed by atoms with Gasteiger partial charge >= 0.3 is 6.18 Å². The molecule has 0 atom stereocenters. The minimum Gasteiger partial charge on any atom is -0.380 e. The van der Waals surface area contributed by atoms with Gasteiger partial charge in [-0.05, 0) is 35.9 Å². The van der Waals surface area contributed by atoms with Crippen LogP contribution in [-0.2, 0) is 17.5 Å². The van der Waals surface area contributed by atoms with E-state index in [0.717, 1.165) is 17.7 Å². The summed E-state index contributed by atoms with van der Waals surface area (Å²) in [4.78, 5) is 16.3. The van der Waals surface area contributed by atoms with Gasteiger partial charge in [0.1, 0.15) is 12.7 Å². The summed E-state index contributed by atoms with van der Waals surface area (Å²) in [5.41, 5.74) is 0.538. The number of hydrogen-bond donors (Lipinski definition) is 1. The van der Waals surface area contributed by atoms with Crippen molar-refractivity contribution in [3.63, 3.8) is 0 Å². The molecule has 0 aliphatic rings. The zero-order chi connectivity index (χ0) is 19.4. The Hall–Kier alpha value is -3.20. The lowest BCUT2D eigenvalue weighted by atomic mass is 10.1. The van der Waals surface area contributed by atoms with Gasteiger partial charge in [0, 0.05) is 12.7 Å². The number of nitrogens with one attached hydrogen (secondary N) is 1. The first-order valence-electron chi connectivity index (χ1n) is 7.84. The molecule has 0 radical (unpaired) electrons. The monoisotopic (exact) mass is 376 g/mol. The molecule has 0 saturated heterocycles. The van der Waals surface area contributed by atoms with E-state index in [9.17, 15) is 18.0 Å². The topological polar surface area (TPSA) is 69.0 Å². The first-order valence-corrected chi connectivity index (χ1v) is 7.84. The van der Waals surface area contributed by atoms with Crippen LogP contribution in [-0.4, -0.2) is 27.8 Å². The van der Waals surface area contributed by atoms with Crippen LogP contribution < -0.4 is 5.32 Å².